The lowest BCUT2D eigenvalue weighted by molar-refractivity contribution is -0.206. The predicted molar refractivity (Wildman–Crippen MR) is 141 cm³/mol. The summed E-state index contributed by atoms with van der Waals surface area (Å²) >= 11 is 1.59. The van der Waals surface area contributed by atoms with Crippen molar-refractivity contribution in [2.24, 2.45) is 7.05 Å². The molecule has 1 aromatic carbocycles. The summed E-state index contributed by atoms with van der Waals surface area (Å²) in [5, 5.41) is 32.4. The smallest absolute Gasteiger partial charge is 0.384 e. The summed E-state index contributed by atoms with van der Waals surface area (Å²) in [6.45, 7) is 3.45. The zero-order valence-electron chi connectivity index (χ0n) is 21.8. The second-order valence-electron chi connectivity index (χ2n) is 10.5. The van der Waals surface area contributed by atoms with E-state index in [9.17, 15) is 28.2 Å². The standard InChI is InChI=1S/C26H33F3N6O3S/c1-3-22-30-11-20(39-22)25(38)8-6-17(7-9-25)35-13-16(14-35)32-21(36)12-31-24-18-10-15(23(37)26(27,28)29)4-5-19(18)34(2)33-24/h4-5,10-11,16-17,23,37-38H,3,6-9,12-14H2,1-2H3,(H,31,33)(H,32,36). The van der Waals surface area contributed by atoms with Crippen molar-refractivity contribution in [3.63, 3.8) is 0 Å². The average Bonchev–Trinajstić information content (AvgIpc) is 3.49. The van der Waals surface area contributed by atoms with Crippen molar-refractivity contribution in [3.8, 4) is 0 Å². The number of hydrogen-bond acceptors (Lipinski definition) is 8. The molecule has 0 radical (unpaired) electrons. The van der Waals surface area contributed by atoms with Crippen molar-refractivity contribution < 1.29 is 28.2 Å². The maximum atomic E-state index is 13.0. The van der Waals surface area contributed by atoms with Crippen LogP contribution in [0.5, 0.6) is 0 Å². The van der Waals surface area contributed by atoms with Gasteiger partial charge in [0.2, 0.25) is 5.91 Å². The van der Waals surface area contributed by atoms with Crippen LogP contribution in [-0.2, 0) is 23.9 Å². The first-order chi connectivity index (χ1) is 18.5. The van der Waals surface area contributed by atoms with Crippen LogP contribution in [0, 0.1) is 0 Å². The molecule has 2 aliphatic rings. The molecule has 13 heteroatoms. The van der Waals surface area contributed by atoms with Gasteiger partial charge in [0, 0.05) is 37.8 Å². The molecule has 39 heavy (non-hydrogen) atoms. The molecule has 4 N–H and O–H groups in total. The normalized spacial score (nSPS) is 23.5. The number of halogens is 3. The zero-order chi connectivity index (χ0) is 27.9. The third-order valence-electron chi connectivity index (χ3n) is 7.80. The molecule has 0 spiro atoms. The van der Waals surface area contributed by atoms with E-state index in [1.165, 1.54) is 22.9 Å². The molecule has 1 aliphatic heterocycles. The van der Waals surface area contributed by atoms with Crippen molar-refractivity contribution in [2.75, 3.05) is 25.0 Å². The molecule has 1 unspecified atom stereocenters. The SMILES string of the molecule is CCc1ncc(C2(O)CCC(N3CC(NC(=O)CNc4nn(C)c5ccc(C(O)C(F)(F)F)cc45)C3)CC2)s1. The highest BCUT2D eigenvalue weighted by Crippen LogP contribution is 2.41. The van der Waals surface area contributed by atoms with E-state index in [0.717, 1.165) is 42.2 Å². The Morgan fingerprint density at radius 1 is 1.28 bits per heavy atom. The van der Waals surface area contributed by atoms with E-state index in [1.807, 2.05) is 6.20 Å². The van der Waals surface area contributed by atoms with E-state index < -0.39 is 17.9 Å². The Labute approximate surface area is 228 Å². The highest BCUT2D eigenvalue weighted by Gasteiger charge is 2.41. The number of benzene rings is 1. The van der Waals surface area contributed by atoms with Gasteiger partial charge in [-0.2, -0.15) is 18.3 Å². The molecule has 1 saturated heterocycles. The highest BCUT2D eigenvalue weighted by atomic mass is 32.1. The summed E-state index contributed by atoms with van der Waals surface area (Å²) in [6.07, 6.45) is -1.54. The maximum Gasteiger partial charge on any atom is 0.418 e. The highest BCUT2D eigenvalue weighted by molar-refractivity contribution is 7.11. The first-order valence-corrected chi connectivity index (χ1v) is 13.9. The Morgan fingerprint density at radius 2 is 2.00 bits per heavy atom. The molecule has 2 aromatic heterocycles. The van der Waals surface area contributed by atoms with Gasteiger partial charge in [0.05, 0.1) is 28.0 Å². The van der Waals surface area contributed by atoms with Crippen LogP contribution in [0.1, 0.15) is 54.2 Å². The van der Waals surface area contributed by atoms with Gasteiger partial charge < -0.3 is 20.8 Å². The Morgan fingerprint density at radius 3 is 2.64 bits per heavy atom. The average molecular weight is 567 g/mol. The quantitative estimate of drug-likeness (QED) is 0.331. The van der Waals surface area contributed by atoms with E-state index >= 15 is 0 Å². The van der Waals surface area contributed by atoms with Crippen LogP contribution < -0.4 is 10.6 Å². The fourth-order valence-electron chi connectivity index (χ4n) is 5.50. The number of aliphatic hydroxyl groups is 2. The molecule has 0 bridgehead atoms. The second kappa shape index (κ2) is 10.7. The zero-order valence-corrected chi connectivity index (χ0v) is 22.6. The molecule has 1 atom stereocenters. The number of anilines is 1. The summed E-state index contributed by atoms with van der Waals surface area (Å²) in [7, 11) is 1.66. The number of rotatable bonds is 8. The third kappa shape index (κ3) is 5.76. The van der Waals surface area contributed by atoms with Gasteiger partial charge in [-0.3, -0.25) is 14.4 Å². The van der Waals surface area contributed by atoms with Gasteiger partial charge in [-0.25, -0.2) is 4.98 Å². The number of likely N-dealkylation sites (tertiary alicyclic amines) is 1. The van der Waals surface area contributed by atoms with Crippen molar-refractivity contribution in [2.45, 2.75) is 69.0 Å². The fourth-order valence-corrected chi connectivity index (χ4v) is 6.50. The number of amides is 1. The monoisotopic (exact) mass is 566 g/mol. The van der Waals surface area contributed by atoms with E-state index in [1.54, 1.807) is 18.4 Å². The molecule has 1 saturated carbocycles. The van der Waals surface area contributed by atoms with Crippen LogP contribution in [0.15, 0.2) is 24.4 Å². The molecule has 1 amide bonds. The van der Waals surface area contributed by atoms with E-state index in [2.05, 4.69) is 32.5 Å². The molecular formula is C26H33F3N6O3S. The Kier molecular flexibility index (Phi) is 7.61. The van der Waals surface area contributed by atoms with Crippen LogP contribution in [0.3, 0.4) is 0 Å². The van der Waals surface area contributed by atoms with Gasteiger partial charge in [0.1, 0.15) is 5.60 Å². The van der Waals surface area contributed by atoms with Crippen molar-refractivity contribution in [1.82, 2.24) is 25.0 Å². The number of nitrogens with one attached hydrogen (secondary N) is 2. The lowest BCUT2D eigenvalue weighted by atomic mass is 9.80. The number of carbonyl (C=O) groups is 1. The van der Waals surface area contributed by atoms with Crippen molar-refractivity contribution >= 4 is 34.0 Å². The van der Waals surface area contributed by atoms with Gasteiger partial charge >= 0.3 is 6.18 Å². The third-order valence-corrected chi connectivity index (χ3v) is 9.14. The first-order valence-electron chi connectivity index (χ1n) is 13.1. The predicted octanol–water partition coefficient (Wildman–Crippen LogP) is 3.23. The number of aryl methyl sites for hydroxylation is 2. The number of carbonyl (C=O) groups excluding carboxylic acids is 1. The number of aliphatic hydroxyl groups excluding tert-OH is 1. The van der Waals surface area contributed by atoms with Crippen LogP contribution in [-0.4, -0.2) is 73.7 Å². The summed E-state index contributed by atoms with van der Waals surface area (Å²) in [5.41, 5.74) is -0.511. The van der Waals surface area contributed by atoms with Crippen LogP contribution >= 0.6 is 11.3 Å². The topological polar surface area (TPSA) is 116 Å². The Bertz CT molecular complexity index is 1330. The maximum absolute atomic E-state index is 13.0. The van der Waals surface area contributed by atoms with Crippen molar-refractivity contribution in [3.05, 3.63) is 39.8 Å². The number of thiazole rings is 1. The number of alkyl halides is 3. The number of fused-ring (bicyclic) bond motifs is 1. The lowest BCUT2D eigenvalue weighted by Gasteiger charge is -2.48. The lowest BCUT2D eigenvalue weighted by Crippen LogP contribution is -2.63. The van der Waals surface area contributed by atoms with Crippen molar-refractivity contribution in [1.29, 1.82) is 0 Å². The molecule has 2 fully saturated rings. The molecule has 3 heterocycles. The molecule has 1 aliphatic carbocycles. The summed E-state index contributed by atoms with van der Waals surface area (Å²) in [5.74, 6) is 0.0377. The fraction of sp³-hybridized carbons (Fsp3) is 0.577. The minimum atomic E-state index is -4.78. The van der Waals surface area contributed by atoms with Gasteiger partial charge in [-0.1, -0.05) is 13.0 Å². The Hall–Kier alpha value is -2.74. The largest absolute Gasteiger partial charge is 0.418 e. The van der Waals surface area contributed by atoms with E-state index in [0.29, 0.717) is 29.8 Å². The number of nitrogens with zero attached hydrogens (tertiary/aromatic N) is 4. The van der Waals surface area contributed by atoms with Crippen LogP contribution in [0.4, 0.5) is 19.0 Å². The number of hydrogen-bond donors (Lipinski definition) is 4. The van der Waals surface area contributed by atoms with Gasteiger partial charge in [0.15, 0.2) is 11.9 Å². The first kappa shape index (κ1) is 27.8. The van der Waals surface area contributed by atoms with Crippen LogP contribution in [0.25, 0.3) is 10.9 Å². The second-order valence-corrected chi connectivity index (χ2v) is 11.6. The minimum Gasteiger partial charge on any atom is -0.384 e. The van der Waals surface area contributed by atoms with E-state index in [-0.39, 0.29) is 29.9 Å². The van der Waals surface area contributed by atoms with Gasteiger partial charge in [-0.05, 0) is 49.8 Å². The van der Waals surface area contributed by atoms with Gasteiger partial charge in [0.25, 0.3) is 0 Å². The summed E-state index contributed by atoms with van der Waals surface area (Å²) < 4.78 is 40.4. The summed E-state index contributed by atoms with van der Waals surface area (Å²) in [6, 6.07) is 4.31. The Balaban J connectivity index is 1.10. The van der Waals surface area contributed by atoms with E-state index in [4.69, 9.17) is 0 Å². The minimum absolute atomic E-state index is 0.0164. The van der Waals surface area contributed by atoms with Gasteiger partial charge in [-0.15, -0.1) is 11.3 Å². The van der Waals surface area contributed by atoms with Crippen LogP contribution in [0.2, 0.25) is 0 Å². The molecule has 212 valence electrons. The number of aromatic nitrogens is 3. The molecule has 9 nitrogen and oxygen atoms in total. The molecule has 3 aromatic rings. The summed E-state index contributed by atoms with van der Waals surface area (Å²) in [4.78, 5) is 20.2. The molecule has 5 rings (SSSR count). The molecular weight excluding hydrogens is 533 g/mol.